The van der Waals surface area contributed by atoms with E-state index in [1.807, 2.05) is 0 Å². The van der Waals surface area contributed by atoms with Gasteiger partial charge in [0.05, 0.1) is 5.02 Å². The summed E-state index contributed by atoms with van der Waals surface area (Å²) in [6.45, 7) is 0. The number of nitrogens with zero attached hydrogens (tertiary/aromatic N) is 1. The van der Waals surface area contributed by atoms with Crippen LogP contribution in [0.3, 0.4) is 0 Å². The molecule has 5 heteroatoms. The van der Waals surface area contributed by atoms with Crippen molar-refractivity contribution in [3.8, 4) is 0 Å². The minimum absolute atomic E-state index is 0.277. The van der Waals surface area contributed by atoms with Crippen LogP contribution in [0.25, 0.3) is 11.2 Å². The van der Waals surface area contributed by atoms with Gasteiger partial charge in [-0.3, -0.25) is 4.98 Å². The lowest BCUT2D eigenvalue weighted by Gasteiger charge is -1.85. The lowest BCUT2D eigenvalue weighted by molar-refractivity contribution is 0.545. The van der Waals surface area contributed by atoms with Crippen LogP contribution in [-0.4, -0.2) is 9.97 Å². The maximum absolute atomic E-state index is 10.6. The van der Waals surface area contributed by atoms with Crippen molar-refractivity contribution in [2.75, 3.05) is 0 Å². The van der Waals surface area contributed by atoms with Gasteiger partial charge in [0.2, 0.25) is 5.71 Å². The van der Waals surface area contributed by atoms with Crippen molar-refractivity contribution in [2.45, 2.75) is 0 Å². The fourth-order valence-electron chi connectivity index (χ4n) is 0.821. The predicted octanol–water partition coefficient (Wildman–Crippen LogP) is 1.17. The number of halogens is 1. The summed E-state index contributed by atoms with van der Waals surface area (Å²) >= 11 is 5.60. The average molecular weight is 171 g/mol. The molecule has 0 spiro atoms. The number of hydrogen-bond acceptors (Lipinski definition) is 3. The minimum atomic E-state index is -0.519. The normalized spacial score (nSPS) is 10.6. The summed E-state index contributed by atoms with van der Waals surface area (Å²) in [7, 11) is 0. The molecule has 0 unspecified atom stereocenters. The first kappa shape index (κ1) is 6.42. The Hall–Kier alpha value is -1.29. The minimum Gasteiger partial charge on any atom is -0.389 e. The molecule has 0 radical (unpaired) electrons. The zero-order valence-corrected chi connectivity index (χ0v) is 6.05. The molecular weight excluding hydrogens is 168 g/mol. The maximum atomic E-state index is 10.6. The van der Waals surface area contributed by atoms with Crippen LogP contribution >= 0.6 is 11.6 Å². The van der Waals surface area contributed by atoms with Crippen LogP contribution in [0.2, 0.25) is 5.02 Å². The van der Waals surface area contributed by atoms with E-state index in [-0.39, 0.29) is 5.71 Å². The molecule has 56 valence electrons. The Kier molecular flexibility index (Phi) is 1.22. The topological polar surface area (TPSA) is 58.9 Å². The van der Waals surface area contributed by atoms with Crippen molar-refractivity contribution >= 4 is 22.8 Å². The second-order valence-electron chi connectivity index (χ2n) is 2.02. The second-order valence-corrected chi connectivity index (χ2v) is 2.46. The van der Waals surface area contributed by atoms with Crippen molar-refractivity contribution < 1.29 is 4.42 Å². The Labute approximate surface area is 65.8 Å². The third-order valence-corrected chi connectivity index (χ3v) is 1.45. The smallest absolute Gasteiger partial charge is 0.389 e. The number of hydrogen-bond donors (Lipinski definition) is 1. The highest BCUT2D eigenvalue weighted by Crippen LogP contribution is 2.12. The molecule has 0 bridgehead atoms. The summed E-state index contributed by atoms with van der Waals surface area (Å²) in [4.78, 5) is 16.8. The van der Waals surface area contributed by atoms with E-state index < -0.39 is 5.76 Å². The summed E-state index contributed by atoms with van der Waals surface area (Å²) in [6, 6.07) is 1.58. The molecule has 0 aliphatic carbocycles. The molecule has 11 heavy (non-hydrogen) atoms. The molecule has 2 aromatic rings. The summed E-state index contributed by atoms with van der Waals surface area (Å²) in [5.74, 6) is -0.519. The van der Waals surface area contributed by atoms with Crippen LogP contribution in [0.5, 0.6) is 0 Å². The monoisotopic (exact) mass is 170 g/mol. The van der Waals surface area contributed by atoms with Gasteiger partial charge in [-0.1, -0.05) is 11.6 Å². The van der Waals surface area contributed by atoms with Gasteiger partial charge in [0.25, 0.3) is 0 Å². The maximum Gasteiger partial charge on any atom is 0.418 e. The number of aromatic amines is 1. The molecule has 0 aliphatic heterocycles. The lowest BCUT2D eigenvalue weighted by Crippen LogP contribution is -1.92. The van der Waals surface area contributed by atoms with Gasteiger partial charge in [-0.2, -0.15) is 0 Å². The van der Waals surface area contributed by atoms with Gasteiger partial charge in [0, 0.05) is 6.20 Å². The van der Waals surface area contributed by atoms with E-state index in [1.54, 1.807) is 6.07 Å². The van der Waals surface area contributed by atoms with Crippen molar-refractivity contribution in [2.24, 2.45) is 0 Å². The Balaban J connectivity index is 2.92. The van der Waals surface area contributed by atoms with E-state index in [0.29, 0.717) is 10.5 Å². The number of rotatable bonds is 0. The first-order valence-electron chi connectivity index (χ1n) is 2.90. The van der Waals surface area contributed by atoms with Crippen LogP contribution < -0.4 is 5.76 Å². The molecule has 0 atom stereocenters. The van der Waals surface area contributed by atoms with E-state index in [1.165, 1.54) is 6.20 Å². The number of H-pyrrole nitrogens is 1. The van der Waals surface area contributed by atoms with Gasteiger partial charge in [0.1, 0.15) is 5.52 Å². The second kappa shape index (κ2) is 2.10. The van der Waals surface area contributed by atoms with Gasteiger partial charge in [-0.05, 0) is 6.07 Å². The Morgan fingerprint density at radius 3 is 3.27 bits per heavy atom. The van der Waals surface area contributed by atoms with E-state index in [2.05, 4.69) is 14.4 Å². The van der Waals surface area contributed by atoms with Crippen molar-refractivity contribution in [1.29, 1.82) is 0 Å². The largest absolute Gasteiger partial charge is 0.418 e. The molecule has 2 aromatic heterocycles. The molecule has 4 nitrogen and oxygen atoms in total. The standard InChI is InChI=1S/C6H3ClN2O2/c7-3-1-4-5(8-2-3)11-6(10)9-4/h1-2H,(H,9,10). The number of oxazole rings is 1. The Morgan fingerprint density at radius 1 is 1.64 bits per heavy atom. The zero-order chi connectivity index (χ0) is 7.84. The number of fused-ring (bicyclic) bond motifs is 1. The zero-order valence-electron chi connectivity index (χ0n) is 5.30. The van der Waals surface area contributed by atoms with Gasteiger partial charge in [-0.15, -0.1) is 0 Å². The SMILES string of the molecule is O=c1[nH]c2cc(Cl)cnc2o1. The van der Waals surface area contributed by atoms with Crippen LogP contribution in [0.15, 0.2) is 21.5 Å². The molecule has 0 amide bonds. The highest BCUT2D eigenvalue weighted by atomic mass is 35.5. The van der Waals surface area contributed by atoms with E-state index in [9.17, 15) is 4.79 Å². The summed E-state index contributed by atoms with van der Waals surface area (Å²) < 4.78 is 4.64. The van der Waals surface area contributed by atoms with Gasteiger partial charge in [0.15, 0.2) is 0 Å². The third-order valence-electron chi connectivity index (χ3n) is 1.24. The van der Waals surface area contributed by atoms with Crippen molar-refractivity contribution in [3.63, 3.8) is 0 Å². The summed E-state index contributed by atoms with van der Waals surface area (Å²) in [5, 5.41) is 0.467. The number of aromatic nitrogens is 2. The van der Waals surface area contributed by atoms with Crippen molar-refractivity contribution in [3.05, 3.63) is 27.8 Å². The molecule has 2 heterocycles. The van der Waals surface area contributed by atoms with Gasteiger partial charge < -0.3 is 4.42 Å². The molecule has 0 fully saturated rings. The molecule has 0 saturated carbocycles. The van der Waals surface area contributed by atoms with Crippen LogP contribution in [-0.2, 0) is 0 Å². The highest BCUT2D eigenvalue weighted by Gasteiger charge is 2.00. The first-order valence-corrected chi connectivity index (χ1v) is 3.28. The van der Waals surface area contributed by atoms with Gasteiger partial charge >= 0.3 is 5.76 Å². The van der Waals surface area contributed by atoms with E-state index in [4.69, 9.17) is 11.6 Å². The van der Waals surface area contributed by atoms with Crippen LogP contribution in [0.1, 0.15) is 0 Å². The van der Waals surface area contributed by atoms with Crippen LogP contribution in [0, 0.1) is 0 Å². The Bertz CT molecular complexity index is 445. The third kappa shape index (κ3) is 1.01. The van der Waals surface area contributed by atoms with Crippen LogP contribution in [0.4, 0.5) is 0 Å². The molecular formula is C6H3ClN2O2. The summed E-state index contributed by atoms with van der Waals surface area (Å²) in [6.07, 6.45) is 1.42. The highest BCUT2D eigenvalue weighted by molar-refractivity contribution is 6.30. The fraction of sp³-hybridized carbons (Fsp3) is 0. The summed E-state index contributed by atoms with van der Waals surface area (Å²) in [5.41, 5.74) is 0.793. The van der Waals surface area contributed by atoms with E-state index >= 15 is 0 Å². The number of nitrogens with one attached hydrogen (secondary N) is 1. The number of pyridine rings is 1. The molecule has 0 aliphatic rings. The lowest BCUT2D eigenvalue weighted by atomic mass is 10.4. The average Bonchev–Trinajstić information content (AvgIpc) is 2.27. The fourth-order valence-corrected chi connectivity index (χ4v) is 0.979. The quantitative estimate of drug-likeness (QED) is 0.646. The van der Waals surface area contributed by atoms with E-state index in [0.717, 1.165) is 0 Å². The molecule has 1 N–H and O–H groups in total. The molecule has 0 saturated heterocycles. The van der Waals surface area contributed by atoms with Gasteiger partial charge in [-0.25, -0.2) is 9.78 Å². The molecule has 0 aromatic carbocycles. The Morgan fingerprint density at radius 2 is 2.45 bits per heavy atom. The molecule has 2 rings (SSSR count). The van der Waals surface area contributed by atoms with Crippen molar-refractivity contribution in [1.82, 2.24) is 9.97 Å². The predicted molar refractivity (Wildman–Crippen MR) is 39.6 cm³/mol. The first-order chi connectivity index (χ1) is 5.25.